The van der Waals surface area contributed by atoms with Gasteiger partial charge in [-0.1, -0.05) is 18.5 Å². The van der Waals surface area contributed by atoms with Crippen molar-refractivity contribution in [2.24, 2.45) is 5.11 Å². The van der Waals surface area contributed by atoms with Crippen molar-refractivity contribution in [1.29, 1.82) is 0 Å². The zero-order chi connectivity index (χ0) is 22.2. The van der Waals surface area contributed by atoms with Crippen LogP contribution in [0.4, 0.5) is 9.18 Å². The number of imide groups is 1. The Morgan fingerprint density at radius 2 is 2.03 bits per heavy atom. The summed E-state index contributed by atoms with van der Waals surface area (Å²) in [6.07, 6.45) is 1.65. The Hall–Kier alpha value is -2.78. The van der Waals surface area contributed by atoms with Crippen LogP contribution in [0.5, 0.6) is 0 Å². The largest absolute Gasteiger partial charge is 0.534 e. The van der Waals surface area contributed by atoms with Crippen LogP contribution in [0.3, 0.4) is 0 Å². The van der Waals surface area contributed by atoms with Crippen LogP contribution in [0.25, 0.3) is 10.4 Å². The molecule has 0 bridgehead atoms. The molecule has 2 amide bonds. The molecule has 164 valence electrons. The molecule has 1 unspecified atom stereocenters. The van der Waals surface area contributed by atoms with Crippen molar-refractivity contribution in [2.75, 3.05) is 12.3 Å². The third-order valence-corrected chi connectivity index (χ3v) is 4.98. The SMILES string of the molecule is CCCC(=O)N(C=O)OC(=O)OC(CCCCCN=[N+]=[N-])CSc1ccc(F)cc1. The number of unbranched alkanes of at least 4 members (excludes halogenated alkanes) is 2. The molecular formula is C19H25FN4O5S. The van der Waals surface area contributed by atoms with Crippen molar-refractivity contribution in [3.05, 3.63) is 40.5 Å². The van der Waals surface area contributed by atoms with Crippen LogP contribution in [-0.2, 0) is 19.2 Å². The average molecular weight is 440 g/mol. The topological polar surface area (TPSA) is 122 Å². The summed E-state index contributed by atoms with van der Waals surface area (Å²) in [6.45, 7) is 2.14. The minimum Gasteiger partial charge on any atom is -0.428 e. The zero-order valence-corrected chi connectivity index (χ0v) is 17.6. The van der Waals surface area contributed by atoms with E-state index in [9.17, 15) is 18.8 Å². The summed E-state index contributed by atoms with van der Waals surface area (Å²) in [5.74, 6) is -0.609. The Labute approximate surface area is 178 Å². The van der Waals surface area contributed by atoms with Gasteiger partial charge >= 0.3 is 6.16 Å². The number of halogens is 1. The second-order valence-electron chi connectivity index (χ2n) is 6.22. The lowest BCUT2D eigenvalue weighted by Gasteiger charge is -2.19. The van der Waals surface area contributed by atoms with E-state index in [4.69, 9.17) is 15.1 Å². The van der Waals surface area contributed by atoms with E-state index < -0.39 is 18.2 Å². The summed E-state index contributed by atoms with van der Waals surface area (Å²) >= 11 is 1.37. The summed E-state index contributed by atoms with van der Waals surface area (Å²) in [4.78, 5) is 43.0. The number of hydrogen-bond donors (Lipinski definition) is 0. The summed E-state index contributed by atoms with van der Waals surface area (Å²) in [7, 11) is 0. The molecule has 1 rings (SSSR count). The first-order valence-electron chi connectivity index (χ1n) is 9.55. The maximum Gasteiger partial charge on any atom is 0.534 e. The molecule has 0 saturated carbocycles. The van der Waals surface area contributed by atoms with Crippen LogP contribution in [-0.4, -0.2) is 41.9 Å². The van der Waals surface area contributed by atoms with Gasteiger partial charge in [0.1, 0.15) is 11.9 Å². The molecule has 0 N–H and O–H groups in total. The number of thioether (sulfide) groups is 1. The molecule has 0 aliphatic heterocycles. The van der Waals surface area contributed by atoms with Crippen molar-refractivity contribution < 1.29 is 28.3 Å². The zero-order valence-electron chi connectivity index (χ0n) is 16.7. The summed E-state index contributed by atoms with van der Waals surface area (Å²) in [6, 6.07) is 5.91. The maximum atomic E-state index is 13.0. The van der Waals surface area contributed by atoms with Crippen LogP contribution in [0, 0.1) is 5.82 Å². The van der Waals surface area contributed by atoms with Crippen molar-refractivity contribution in [1.82, 2.24) is 5.06 Å². The van der Waals surface area contributed by atoms with E-state index in [2.05, 4.69) is 10.0 Å². The van der Waals surface area contributed by atoms with Crippen LogP contribution < -0.4 is 0 Å². The van der Waals surface area contributed by atoms with E-state index in [0.717, 1.165) is 11.3 Å². The number of ether oxygens (including phenoxy) is 1. The van der Waals surface area contributed by atoms with Gasteiger partial charge in [0.25, 0.3) is 12.3 Å². The molecule has 0 aliphatic carbocycles. The van der Waals surface area contributed by atoms with Crippen LogP contribution in [0.2, 0.25) is 0 Å². The minimum atomic E-state index is -1.15. The molecule has 0 spiro atoms. The van der Waals surface area contributed by atoms with Crippen molar-refractivity contribution in [3.8, 4) is 0 Å². The molecule has 9 nitrogen and oxygen atoms in total. The van der Waals surface area contributed by atoms with E-state index in [1.54, 1.807) is 19.1 Å². The van der Waals surface area contributed by atoms with Crippen molar-refractivity contribution in [2.45, 2.75) is 56.4 Å². The molecule has 1 aromatic rings. The Balaban J connectivity index is 2.61. The van der Waals surface area contributed by atoms with Gasteiger partial charge in [0.15, 0.2) is 0 Å². The highest BCUT2D eigenvalue weighted by molar-refractivity contribution is 7.99. The van der Waals surface area contributed by atoms with Crippen molar-refractivity contribution >= 4 is 30.2 Å². The molecular weight excluding hydrogens is 415 g/mol. The number of rotatable bonds is 13. The second kappa shape index (κ2) is 15.1. The van der Waals surface area contributed by atoms with Crippen molar-refractivity contribution in [3.63, 3.8) is 0 Å². The lowest BCUT2D eigenvalue weighted by molar-refractivity contribution is -0.177. The lowest BCUT2D eigenvalue weighted by Crippen LogP contribution is -2.34. The summed E-state index contributed by atoms with van der Waals surface area (Å²) < 4.78 is 18.3. The molecule has 0 aliphatic rings. The van der Waals surface area contributed by atoms with E-state index in [1.165, 1.54) is 23.9 Å². The molecule has 0 fully saturated rings. The quantitative estimate of drug-likeness (QED) is 0.0621. The maximum absolute atomic E-state index is 13.0. The van der Waals surface area contributed by atoms with Gasteiger partial charge in [-0.3, -0.25) is 14.4 Å². The van der Waals surface area contributed by atoms with Gasteiger partial charge in [-0.2, -0.15) is 0 Å². The fourth-order valence-corrected chi connectivity index (χ4v) is 3.31. The number of hydrogen-bond acceptors (Lipinski definition) is 7. The normalized spacial score (nSPS) is 11.1. The fourth-order valence-electron chi connectivity index (χ4n) is 2.37. The molecule has 1 aromatic carbocycles. The third kappa shape index (κ3) is 10.7. The highest BCUT2D eigenvalue weighted by Gasteiger charge is 2.22. The monoisotopic (exact) mass is 440 g/mol. The predicted octanol–water partition coefficient (Wildman–Crippen LogP) is 5.01. The Bertz CT molecular complexity index is 728. The van der Waals surface area contributed by atoms with Gasteiger partial charge in [-0.25, -0.2) is 9.18 Å². The van der Waals surface area contributed by atoms with E-state index in [0.29, 0.717) is 43.0 Å². The standard InChI is InChI=1S/C19H25FN4O5S/c1-2-6-18(26)24(14-25)29-19(27)28-16(7-4-3-5-12-22-23-21)13-30-17-10-8-15(20)9-11-17/h8-11,14,16H,2-7,12-13H2,1H3. The third-order valence-electron chi connectivity index (χ3n) is 3.84. The number of nitrogens with zero attached hydrogens (tertiary/aromatic N) is 4. The first-order chi connectivity index (χ1) is 14.5. The molecule has 0 aromatic heterocycles. The average Bonchev–Trinajstić information content (AvgIpc) is 2.73. The Morgan fingerprint density at radius 3 is 2.67 bits per heavy atom. The number of carbonyl (C=O) groups excluding carboxylic acids is 3. The Morgan fingerprint density at radius 1 is 1.30 bits per heavy atom. The highest BCUT2D eigenvalue weighted by atomic mass is 32.2. The molecule has 1 atom stereocenters. The molecule has 0 radical (unpaired) electrons. The Kier molecular flexibility index (Phi) is 12.7. The van der Waals surface area contributed by atoms with Gasteiger partial charge in [0.2, 0.25) is 0 Å². The van der Waals surface area contributed by atoms with Gasteiger partial charge in [0, 0.05) is 28.5 Å². The fraction of sp³-hybridized carbons (Fsp3) is 0.526. The molecule has 11 heteroatoms. The van der Waals surface area contributed by atoms with Gasteiger partial charge < -0.3 is 4.74 Å². The molecule has 30 heavy (non-hydrogen) atoms. The van der Waals surface area contributed by atoms with Gasteiger partial charge in [-0.05, 0) is 55.5 Å². The van der Waals surface area contributed by atoms with Crippen LogP contribution >= 0.6 is 11.8 Å². The van der Waals surface area contributed by atoms with Gasteiger partial charge in [-0.15, -0.1) is 16.8 Å². The lowest BCUT2D eigenvalue weighted by atomic mass is 10.1. The second-order valence-corrected chi connectivity index (χ2v) is 7.32. The highest BCUT2D eigenvalue weighted by Crippen LogP contribution is 2.22. The van der Waals surface area contributed by atoms with E-state index in [1.807, 2.05) is 0 Å². The smallest absolute Gasteiger partial charge is 0.428 e. The molecule has 0 saturated heterocycles. The van der Waals surface area contributed by atoms with Gasteiger partial charge in [0.05, 0.1) is 0 Å². The van der Waals surface area contributed by atoms with E-state index >= 15 is 0 Å². The number of benzene rings is 1. The summed E-state index contributed by atoms with van der Waals surface area (Å²) in [5.41, 5.74) is 8.28. The van der Waals surface area contributed by atoms with E-state index in [-0.39, 0.29) is 18.6 Å². The van der Waals surface area contributed by atoms with Crippen LogP contribution in [0.1, 0.15) is 45.4 Å². The number of hydroxylamine groups is 2. The number of carbonyl (C=O) groups is 3. The minimum absolute atomic E-state index is 0.0566. The first-order valence-corrected chi connectivity index (χ1v) is 10.5. The first kappa shape index (κ1) is 25.3. The number of amides is 2. The molecule has 0 heterocycles. The summed E-state index contributed by atoms with van der Waals surface area (Å²) in [5, 5.41) is 3.79. The predicted molar refractivity (Wildman–Crippen MR) is 109 cm³/mol. The number of azide groups is 1. The van der Waals surface area contributed by atoms with Crippen LogP contribution in [0.15, 0.2) is 34.3 Å².